The molecule has 2 rings (SSSR count). The van der Waals surface area contributed by atoms with Gasteiger partial charge in [0.15, 0.2) is 23.1 Å². The van der Waals surface area contributed by atoms with Crippen LogP contribution in [-0.4, -0.2) is 17.3 Å². The van der Waals surface area contributed by atoms with Crippen LogP contribution in [0, 0.1) is 5.82 Å². The Morgan fingerprint density at radius 2 is 1.89 bits per heavy atom. The molecule has 5 heteroatoms. The molecule has 0 aliphatic rings. The molecular formula is C14H14FNO3. The number of nitrogens with one attached hydrogen (secondary N) is 1. The van der Waals surface area contributed by atoms with Crippen molar-refractivity contribution in [1.82, 2.24) is 0 Å². The minimum atomic E-state index is -0.678. The first-order valence-corrected chi connectivity index (χ1v) is 5.68. The molecule has 0 aliphatic heterocycles. The Kier molecular flexibility index (Phi) is 3.75. The third-order valence-electron chi connectivity index (χ3n) is 2.69. The molecule has 19 heavy (non-hydrogen) atoms. The number of aromatic hydroxyl groups is 2. The monoisotopic (exact) mass is 263 g/mol. The van der Waals surface area contributed by atoms with E-state index in [-0.39, 0.29) is 11.5 Å². The topological polar surface area (TPSA) is 61.7 Å². The summed E-state index contributed by atoms with van der Waals surface area (Å²) in [5, 5.41) is 21.7. The number of hydrogen-bond acceptors (Lipinski definition) is 4. The molecular weight excluding hydrogens is 249 g/mol. The van der Waals surface area contributed by atoms with Crippen molar-refractivity contribution in [3.05, 3.63) is 47.8 Å². The zero-order valence-electron chi connectivity index (χ0n) is 10.4. The van der Waals surface area contributed by atoms with Gasteiger partial charge in [-0.2, -0.15) is 0 Å². The molecule has 0 unspecified atom stereocenters. The molecule has 3 N–H and O–H groups in total. The lowest BCUT2D eigenvalue weighted by molar-refractivity contribution is 0.373. The fraction of sp³-hybridized carbons (Fsp3) is 0.143. The fourth-order valence-corrected chi connectivity index (χ4v) is 1.67. The second-order valence-corrected chi connectivity index (χ2v) is 4.03. The summed E-state index contributed by atoms with van der Waals surface area (Å²) < 4.78 is 18.1. The maximum Gasteiger partial charge on any atom is 0.166 e. The van der Waals surface area contributed by atoms with Crippen molar-refractivity contribution >= 4 is 5.69 Å². The van der Waals surface area contributed by atoms with Crippen LogP contribution >= 0.6 is 0 Å². The van der Waals surface area contributed by atoms with E-state index < -0.39 is 5.82 Å². The van der Waals surface area contributed by atoms with E-state index in [0.717, 1.165) is 5.56 Å². The maximum atomic E-state index is 13.1. The predicted octanol–water partition coefficient (Wildman–Crippen LogP) is 2.86. The number of phenolic OH excluding ortho intramolecular Hbond substituents is 2. The number of methoxy groups -OCH3 is 1. The lowest BCUT2D eigenvalue weighted by atomic mass is 10.2. The molecule has 0 heterocycles. The number of benzene rings is 2. The van der Waals surface area contributed by atoms with Crippen molar-refractivity contribution < 1.29 is 19.3 Å². The lowest BCUT2D eigenvalue weighted by Gasteiger charge is -2.09. The summed E-state index contributed by atoms with van der Waals surface area (Å²) in [6.07, 6.45) is 0. The summed E-state index contributed by atoms with van der Waals surface area (Å²) in [6.45, 7) is 0.418. The normalized spacial score (nSPS) is 10.2. The lowest BCUT2D eigenvalue weighted by Crippen LogP contribution is -1.99. The number of ether oxygens (including phenoxy) is 1. The van der Waals surface area contributed by atoms with Crippen LogP contribution in [-0.2, 0) is 6.54 Å². The van der Waals surface area contributed by atoms with Crippen molar-refractivity contribution in [2.75, 3.05) is 12.4 Å². The van der Waals surface area contributed by atoms with Crippen molar-refractivity contribution in [2.24, 2.45) is 0 Å². The van der Waals surface area contributed by atoms with Crippen molar-refractivity contribution in [3.63, 3.8) is 0 Å². The first kappa shape index (κ1) is 13.0. The first-order valence-electron chi connectivity index (χ1n) is 5.68. The second kappa shape index (κ2) is 5.48. The molecule has 0 spiro atoms. The van der Waals surface area contributed by atoms with Gasteiger partial charge in [-0.25, -0.2) is 4.39 Å². The van der Waals surface area contributed by atoms with E-state index in [2.05, 4.69) is 5.32 Å². The maximum absolute atomic E-state index is 13.1. The first-order chi connectivity index (χ1) is 9.10. The van der Waals surface area contributed by atoms with Gasteiger partial charge in [0.1, 0.15) is 0 Å². The number of halogens is 1. The van der Waals surface area contributed by atoms with Crippen molar-refractivity contribution in [1.29, 1.82) is 0 Å². The highest BCUT2D eigenvalue weighted by molar-refractivity contribution is 5.48. The van der Waals surface area contributed by atoms with E-state index >= 15 is 0 Å². The molecule has 0 saturated heterocycles. The number of rotatable bonds is 4. The van der Waals surface area contributed by atoms with Gasteiger partial charge in [0, 0.05) is 18.3 Å². The van der Waals surface area contributed by atoms with E-state index in [4.69, 9.17) is 9.84 Å². The van der Waals surface area contributed by atoms with Gasteiger partial charge in [0.2, 0.25) is 0 Å². The van der Waals surface area contributed by atoms with Gasteiger partial charge in [0.05, 0.1) is 7.11 Å². The molecule has 0 aromatic heterocycles. The zero-order valence-corrected chi connectivity index (χ0v) is 10.4. The molecule has 0 fully saturated rings. The Bertz CT molecular complexity index is 587. The molecule has 4 nitrogen and oxygen atoms in total. The summed E-state index contributed by atoms with van der Waals surface area (Å²) in [7, 11) is 1.48. The fourth-order valence-electron chi connectivity index (χ4n) is 1.67. The summed E-state index contributed by atoms with van der Waals surface area (Å²) in [4.78, 5) is 0. The molecule has 0 radical (unpaired) electrons. The van der Waals surface area contributed by atoms with Gasteiger partial charge >= 0.3 is 0 Å². The minimum Gasteiger partial charge on any atom is -0.505 e. The summed E-state index contributed by atoms with van der Waals surface area (Å²) in [6, 6.07) is 9.08. The minimum absolute atomic E-state index is 0.0543. The third kappa shape index (κ3) is 3.07. The van der Waals surface area contributed by atoms with E-state index in [9.17, 15) is 9.50 Å². The summed E-state index contributed by atoms with van der Waals surface area (Å²) >= 11 is 0. The quantitative estimate of drug-likeness (QED) is 0.742. The molecule has 2 aromatic carbocycles. The molecule has 100 valence electrons. The Hall–Kier alpha value is -2.43. The largest absolute Gasteiger partial charge is 0.505 e. The molecule has 0 saturated carbocycles. The molecule has 0 bridgehead atoms. The van der Waals surface area contributed by atoms with E-state index in [1.165, 1.54) is 19.2 Å². The van der Waals surface area contributed by atoms with Crippen LogP contribution in [0.5, 0.6) is 17.2 Å². The third-order valence-corrected chi connectivity index (χ3v) is 2.69. The molecule has 0 amide bonds. The van der Waals surface area contributed by atoms with Gasteiger partial charge in [-0.15, -0.1) is 0 Å². The second-order valence-electron chi connectivity index (χ2n) is 4.03. The Balaban J connectivity index is 2.05. The van der Waals surface area contributed by atoms with Crippen LogP contribution in [0.4, 0.5) is 10.1 Å². The van der Waals surface area contributed by atoms with Crippen LogP contribution < -0.4 is 10.1 Å². The number of hydrogen-bond donors (Lipinski definition) is 3. The van der Waals surface area contributed by atoms with Crippen LogP contribution in [0.15, 0.2) is 36.4 Å². The smallest absolute Gasteiger partial charge is 0.166 e. The van der Waals surface area contributed by atoms with Crippen LogP contribution in [0.2, 0.25) is 0 Å². The predicted molar refractivity (Wildman–Crippen MR) is 70.1 cm³/mol. The summed E-state index contributed by atoms with van der Waals surface area (Å²) in [5.41, 5.74) is 1.37. The Labute approximate surface area is 110 Å². The van der Waals surface area contributed by atoms with Gasteiger partial charge in [-0.3, -0.25) is 0 Å². The highest BCUT2D eigenvalue weighted by Crippen LogP contribution is 2.27. The van der Waals surface area contributed by atoms with Crippen molar-refractivity contribution in [3.8, 4) is 17.2 Å². The van der Waals surface area contributed by atoms with Crippen LogP contribution in [0.25, 0.3) is 0 Å². The van der Waals surface area contributed by atoms with Gasteiger partial charge < -0.3 is 20.3 Å². The average Bonchev–Trinajstić information content (AvgIpc) is 2.40. The van der Waals surface area contributed by atoms with Gasteiger partial charge in [-0.1, -0.05) is 6.07 Å². The molecule has 0 atom stereocenters. The van der Waals surface area contributed by atoms with Crippen LogP contribution in [0.1, 0.15) is 5.56 Å². The Morgan fingerprint density at radius 1 is 1.11 bits per heavy atom. The van der Waals surface area contributed by atoms with Gasteiger partial charge in [-0.05, 0) is 29.8 Å². The van der Waals surface area contributed by atoms with Crippen molar-refractivity contribution in [2.45, 2.75) is 6.54 Å². The van der Waals surface area contributed by atoms with E-state index in [1.807, 2.05) is 0 Å². The highest BCUT2D eigenvalue weighted by atomic mass is 19.1. The average molecular weight is 263 g/mol. The molecule has 2 aromatic rings. The van der Waals surface area contributed by atoms with E-state index in [0.29, 0.717) is 18.0 Å². The molecule has 0 aliphatic carbocycles. The standard InChI is InChI=1S/C14H14FNO3/c1-19-14-5-2-9(6-13(14)18)8-16-10-3-4-12(17)11(15)7-10/h2-7,16-18H,8H2,1H3. The SMILES string of the molecule is COc1ccc(CNc2ccc(O)c(F)c2)cc1O. The zero-order chi connectivity index (χ0) is 13.8. The number of anilines is 1. The van der Waals surface area contributed by atoms with Crippen LogP contribution in [0.3, 0.4) is 0 Å². The van der Waals surface area contributed by atoms with Gasteiger partial charge in [0.25, 0.3) is 0 Å². The Morgan fingerprint density at radius 3 is 2.53 bits per heavy atom. The summed E-state index contributed by atoms with van der Waals surface area (Å²) in [5.74, 6) is -0.603. The van der Waals surface area contributed by atoms with E-state index in [1.54, 1.807) is 24.3 Å². The highest BCUT2D eigenvalue weighted by Gasteiger charge is 2.04. The number of phenols is 2.